The summed E-state index contributed by atoms with van der Waals surface area (Å²) in [4.78, 5) is 19.0. The summed E-state index contributed by atoms with van der Waals surface area (Å²) in [7, 11) is 4.38. The maximum atomic E-state index is 13.3. The van der Waals surface area contributed by atoms with E-state index in [0.29, 0.717) is 4.88 Å². The third-order valence-electron chi connectivity index (χ3n) is 6.48. The van der Waals surface area contributed by atoms with Crippen LogP contribution in [0.15, 0.2) is 29.6 Å². The van der Waals surface area contributed by atoms with E-state index in [1.807, 2.05) is 16.2 Å². The highest BCUT2D eigenvalue weighted by Gasteiger charge is 2.48. The molecule has 0 radical (unpaired) electrons. The normalized spacial score (nSPS) is 29.0. The minimum atomic E-state index is -0.286. The van der Waals surface area contributed by atoms with Gasteiger partial charge in [0.15, 0.2) is 5.13 Å². The van der Waals surface area contributed by atoms with Gasteiger partial charge in [-0.15, -0.1) is 22.7 Å². The second-order valence-corrected chi connectivity index (χ2v) is 9.97. The van der Waals surface area contributed by atoms with Crippen LogP contribution >= 0.6 is 22.7 Å². The van der Waals surface area contributed by atoms with Crippen LogP contribution in [-0.2, 0) is 5.54 Å². The predicted molar refractivity (Wildman–Crippen MR) is 105 cm³/mol. The van der Waals surface area contributed by atoms with E-state index in [0.717, 1.165) is 56.5 Å². The second kappa shape index (κ2) is 6.73. The van der Waals surface area contributed by atoms with E-state index in [1.165, 1.54) is 10.9 Å². The number of hydrogen-bond acceptors (Lipinski definition) is 4. The van der Waals surface area contributed by atoms with Gasteiger partial charge in [0, 0.05) is 18.0 Å². The first-order valence-corrected chi connectivity index (χ1v) is 10.9. The lowest BCUT2D eigenvalue weighted by atomic mass is 9.66. The zero-order valence-electron chi connectivity index (χ0n) is 15.3. The van der Waals surface area contributed by atoms with Gasteiger partial charge in [-0.05, 0) is 75.2 Å². The number of carbonyl (C=O) groups excluding carboxylic acids is 1. The summed E-state index contributed by atoms with van der Waals surface area (Å²) >= 11 is 2.81. The molecule has 2 aliphatic rings. The van der Waals surface area contributed by atoms with Crippen molar-refractivity contribution in [3.63, 3.8) is 0 Å². The Kier molecular flexibility index (Phi) is 4.70. The second-order valence-electron chi connectivity index (χ2n) is 7.98. The molecule has 2 aromatic rings. The number of halogens is 1. The van der Waals surface area contributed by atoms with Crippen LogP contribution in [0.2, 0.25) is 0 Å². The van der Waals surface area contributed by atoms with E-state index in [4.69, 9.17) is 0 Å². The van der Waals surface area contributed by atoms with E-state index < -0.39 is 0 Å². The molecule has 0 aromatic carbocycles. The standard InChI is InChI=1S/C20H25FN2OS2/c1-22(2)20(16-4-3-13-25-16)9-7-19(8-10-20)11-12-23(14-19)18(24)15-5-6-17(21)26-15/h3-6,13H,7-12,14H2,1-2H3. The molecule has 4 rings (SSSR count). The highest BCUT2D eigenvalue weighted by atomic mass is 32.1. The summed E-state index contributed by atoms with van der Waals surface area (Å²) in [6, 6.07) is 7.41. The minimum Gasteiger partial charge on any atom is -0.337 e. The number of nitrogens with zero attached hydrogens (tertiary/aromatic N) is 2. The molecule has 1 spiro atoms. The Morgan fingerprint density at radius 2 is 1.92 bits per heavy atom. The molecule has 1 saturated heterocycles. The Balaban J connectivity index is 1.47. The van der Waals surface area contributed by atoms with Crippen molar-refractivity contribution >= 4 is 28.6 Å². The van der Waals surface area contributed by atoms with Gasteiger partial charge >= 0.3 is 0 Å². The van der Waals surface area contributed by atoms with E-state index in [-0.39, 0.29) is 22.0 Å². The van der Waals surface area contributed by atoms with Crippen LogP contribution in [0, 0.1) is 10.5 Å². The third kappa shape index (κ3) is 3.02. The topological polar surface area (TPSA) is 23.6 Å². The SMILES string of the molecule is CN(C)C1(c2cccs2)CCC2(CCN(C(=O)c3ccc(F)s3)C2)CC1. The third-order valence-corrected chi connectivity index (χ3v) is 8.41. The molecule has 3 nitrogen and oxygen atoms in total. The lowest BCUT2D eigenvalue weighted by Crippen LogP contribution is -2.47. The molecule has 140 valence electrons. The number of amides is 1. The zero-order valence-corrected chi connectivity index (χ0v) is 17.0. The Morgan fingerprint density at radius 3 is 2.50 bits per heavy atom. The van der Waals surface area contributed by atoms with Crippen LogP contribution in [0.25, 0.3) is 0 Å². The van der Waals surface area contributed by atoms with Crippen molar-refractivity contribution in [2.45, 2.75) is 37.6 Å². The monoisotopic (exact) mass is 392 g/mol. The molecule has 0 bridgehead atoms. The number of carbonyl (C=O) groups is 1. The summed E-state index contributed by atoms with van der Waals surface area (Å²) in [5.41, 5.74) is 0.371. The molecule has 2 fully saturated rings. The number of hydrogen-bond donors (Lipinski definition) is 0. The maximum absolute atomic E-state index is 13.3. The van der Waals surface area contributed by atoms with Crippen LogP contribution in [0.1, 0.15) is 46.7 Å². The summed E-state index contributed by atoms with van der Waals surface area (Å²) in [5.74, 6) is -0.00141. The fraction of sp³-hybridized carbons (Fsp3) is 0.550. The fourth-order valence-corrected chi connectivity index (χ4v) is 6.52. The summed E-state index contributed by atoms with van der Waals surface area (Å²) < 4.78 is 13.3. The molecule has 6 heteroatoms. The highest BCUT2D eigenvalue weighted by molar-refractivity contribution is 7.12. The van der Waals surface area contributed by atoms with E-state index in [9.17, 15) is 9.18 Å². The van der Waals surface area contributed by atoms with Gasteiger partial charge in [0.05, 0.1) is 10.4 Å². The Hall–Kier alpha value is -1.24. The number of likely N-dealkylation sites (tertiary alicyclic amines) is 1. The zero-order chi connectivity index (χ0) is 18.4. The van der Waals surface area contributed by atoms with Crippen molar-refractivity contribution in [2.75, 3.05) is 27.2 Å². The first-order chi connectivity index (χ1) is 12.4. The molecule has 0 N–H and O–H groups in total. The van der Waals surface area contributed by atoms with Gasteiger partial charge in [0.25, 0.3) is 5.91 Å². The average Bonchev–Trinajstić information content (AvgIpc) is 3.36. The fourth-order valence-electron chi connectivity index (χ4n) is 4.75. The lowest BCUT2D eigenvalue weighted by molar-refractivity contribution is 0.0394. The molecule has 1 amide bonds. The number of thiophene rings is 2. The van der Waals surface area contributed by atoms with Gasteiger partial charge in [0.1, 0.15) is 0 Å². The largest absolute Gasteiger partial charge is 0.337 e. The molecule has 0 unspecified atom stereocenters. The number of rotatable bonds is 3. The molecule has 3 heterocycles. The Labute approximate surface area is 162 Å². The average molecular weight is 393 g/mol. The molecule has 0 atom stereocenters. The van der Waals surface area contributed by atoms with Gasteiger partial charge in [0.2, 0.25) is 0 Å². The van der Waals surface area contributed by atoms with E-state index >= 15 is 0 Å². The molecule has 2 aromatic heterocycles. The van der Waals surface area contributed by atoms with Crippen molar-refractivity contribution in [2.24, 2.45) is 5.41 Å². The minimum absolute atomic E-state index is 0.00141. The molecule has 1 saturated carbocycles. The molecule has 1 aliphatic carbocycles. The lowest BCUT2D eigenvalue weighted by Gasteiger charge is -2.48. The van der Waals surface area contributed by atoms with Gasteiger partial charge in [-0.3, -0.25) is 9.69 Å². The van der Waals surface area contributed by atoms with Crippen LogP contribution in [0.5, 0.6) is 0 Å². The Bertz CT molecular complexity index is 776. The van der Waals surface area contributed by atoms with E-state index in [2.05, 4.69) is 36.5 Å². The van der Waals surface area contributed by atoms with E-state index in [1.54, 1.807) is 6.07 Å². The van der Waals surface area contributed by atoms with Crippen molar-refractivity contribution in [1.82, 2.24) is 9.80 Å². The summed E-state index contributed by atoms with van der Waals surface area (Å²) in [6.45, 7) is 1.62. The highest BCUT2D eigenvalue weighted by Crippen LogP contribution is 2.52. The van der Waals surface area contributed by atoms with Crippen LogP contribution in [-0.4, -0.2) is 42.9 Å². The predicted octanol–water partition coefficient (Wildman–Crippen LogP) is 4.81. The Morgan fingerprint density at radius 1 is 1.15 bits per heavy atom. The maximum Gasteiger partial charge on any atom is 0.264 e. The quantitative estimate of drug-likeness (QED) is 0.748. The van der Waals surface area contributed by atoms with Crippen molar-refractivity contribution < 1.29 is 9.18 Å². The van der Waals surface area contributed by atoms with Gasteiger partial charge in [-0.25, -0.2) is 0 Å². The first kappa shape index (κ1) is 18.1. The van der Waals surface area contributed by atoms with Crippen molar-refractivity contribution in [3.8, 4) is 0 Å². The van der Waals surface area contributed by atoms with Crippen molar-refractivity contribution in [3.05, 3.63) is 44.5 Å². The van der Waals surface area contributed by atoms with Crippen molar-refractivity contribution in [1.29, 1.82) is 0 Å². The molecule has 1 aliphatic heterocycles. The van der Waals surface area contributed by atoms with Crippen LogP contribution in [0.4, 0.5) is 4.39 Å². The molecular formula is C20H25FN2OS2. The first-order valence-electron chi connectivity index (χ1n) is 9.20. The van der Waals surface area contributed by atoms with Gasteiger partial charge in [-0.2, -0.15) is 4.39 Å². The molecule has 26 heavy (non-hydrogen) atoms. The van der Waals surface area contributed by atoms with Crippen LogP contribution in [0.3, 0.4) is 0 Å². The summed E-state index contributed by atoms with van der Waals surface area (Å²) in [5, 5.41) is 1.88. The van der Waals surface area contributed by atoms with Gasteiger partial charge < -0.3 is 4.90 Å². The van der Waals surface area contributed by atoms with Gasteiger partial charge in [-0.1, -0.05) is 6.07 Å². The van der Waals surface area contributed by atoms with Crippen LogP contribution < -0.4 is 0 Å². The smallest absolute Gasteiger partial charge is 0.264 e. The molecular weight excluding hydrogens is 367 g/mol. The summed E-state index contributed by atoms with van der Waals surface area (Å²) in [6.07, 6.45) is 5.63.